The number of hydrogen-bond donors (Lipinski definition) is 0. The van der Waals surface area contributed by atoms with Crippen LogP contribution < -0.4 is 25.5 Å². The number of thiophene rings is 1. The van der Waals surface area contributed by atoms with E-state index in [0.717, 1.165) is 0 Å². The molecular weight excluding hydrogens is 503 g/mol. The lowest BCUT2D eigenvalue weighted by atomic mass is 9.36. The van der Waals surface area contributed by atoms with Crippen LogP contribution in [0.15, 0.2) is 121 Å². The SMILES string of the molecule is CC(C)(C)c1ccc(N2c3cccc4c3B(c3ccccc3N4c3ccccc3)c3sc4ccccc4c32)cc1. The molecule has 4 heteroatoms. The summed E-state index contributed by atoms with van der Waals surface area (Å²) in [4.78, 5) is 4.97. The van der Waals surface area contributed by atoms with E-state index in [9.17, 15) is 0 Å². The molecule has 2 aliphatic rings. The van der Waals surface area contributed by atoms with E-state index in [1.54, 1.807) is 0 Å². The van der Waals surface area contributed by atoms with Gasteiger partial charge in [-0.3, -0.25) is 0 Å². The van der Waals surface area contributed by atoms with E-state index in [0.29, 0.717) is 0 Å². The zero-order chi connectivity index (χ0) is 27.0. The van der Waals surface area contributed by atoms with Crippen molar-refractivity contribution in [2.75, 3.05) is 9.80 Å². The molecule has 0 atom stereocenters. The molecule has 0 N–H and O–H groups in total. The molecule has 0 saturated carbocycles. The Balaban J connectivity index is 1.45. The average Bonchev–Trinajstić information content (AvgIpc) is 3.36. The second-order valence-electron chi connectivity index (χ2n) is 11.8. The lowest BCUT2D eigenvalue weighted by Crippen LogP contribution is -2.60. The number of rotatable bonds is 2. The molecule has 0 unspecified atom stereocenters. The van der Waals surface area contributed by atoms with Crippen LogP contribution in [0.1, 0.15) is 26.3 Å². The van der Waals surface area contributed by atoms with Crippen molar-refractivity contribution in [1.82, 2.24) is 0 Å². The average molecular weight is 533 g/mol. The van der Waals surface area contributed by atoms with Crippen LogP contribution in [0.3, 0.4) is 0 Å². The maximum absolute atomic E-state index is 2.52. The molecule has 3 heterocycles. The highest BCUT2D eigenvalue weighted by Gasteiger charge is 2.44. The largest absolute Gasteiger partial charge is 0.311 e. The zero-order valence-electron chi connectivity index (χ0n) is 22.9. The van der Waals surface area contributed by atoms with E-state index in [1.807, 2.05) is 11.3 Å². The van der Waals surface area contributed by atoms with Crippen LogP contribution in [-0.2, 0) is 5.41 Å². The monoisotopic (exact) mass is 532 g/mol. The van der Waals surface area contributed by atoms with Crippen LogP contribution in [0.2, 0.25) is 0 Å². The first-order valence-electron chi connectivity index (χ1n) is 14.0. The molecule has 40 heavy (non-hydrogen) atoms. The standard InChI is InChI=1S/C36H29BN2S/c1-36(2,3)24-20-22-26(23-21-24)39-31-18-11-17-30-33(31)37(35-34(39)27-14-7-10-19-32(27)40-35)28-15-8-9-16-29(28)38(30)25-12-5-4-6-13-25/h4-23H,1-3H3. The molecule has 0 amide bonds. The van der Waals surface area contributed by atoms with Crippen molar-refractivity contribution in [1.29, 1.82) is 0 Å². The Kier molecular flexibility index (Phi) is 5.08. The maximum atomic E-state index is 2.52. The van der Waals surface area contributed by atoms with Crippen LogP contribution in [0.25, 0.3) is 10.1 Å². The summed E-state index contributed by atoms with van der Waals surface area (Å²) in [5.74, 6) is 0. The number of hydrogen-bond acceptors (Lipinski definition) is 3. The lowest BCUT2D eigenvalue weighted by Gasteiger charge is -2.43. The molecular formula is C36H29BN2S. The van der Waals surface area contributed by atoms with Gasteiger partial charge in [-0.1, -0.05) is 93.6 Å². The van der Waals surface area contributed by atoms with Crippen molar-refractivity contribution in [2.45, 2.75) is 26.2 Å². The van der Waals surface area contributed by atoms with Crippen molar-refractivity contribution in [3.63, 3.8) is 0 Å². The highest BCUT2D eigenvalue weighted by molar-refractivity contribution is 7.33. The number of nitrogens with zero attached hydrogens (tertiary/aromatic N) is 2. The zero-order valence-corrected chi connectivity index (χ0v) is 23.7. The molecule has 2 nitrogen and oxygen atoms in total. The fraction of sp³-hybridized carbons (Fsp3) is 0.111. The minimum absolute atomic E-state index is 0.109. The van der Waals surface area contributed by atoms with Crippen LogP contribution in [0.4, 0.5) is 34.1 Å². The second kappa shape index (κ2) is 8.61. The van der Waals surface area contributed by atoms with Crippen molar-refractivity contribution in [2.24, 2.45) is 0 Å². The first-order valence-corrected chi connectivity index (χ1v) is 14.8. The molecule has 192 valence electrons. The third-order valence-corrected chi connectivity index (χ3v) is 9.63. The Morgan fingerprint density at radius 2 is 1.20 bits per heavy atom. The van der Waals surface area contributed by atoms with Crippen molar-refractivity contribution >= 4 is 78.0 Å². The normalized spacial score (nSPS) is 13.7. The van der Waals surface area contributed by atoms with Gasteiger partial charge in [0.1, 0.15) is 0 Å². The van der Waals surface area contributed by atoms with E-state index in [-0.39, 0.29) is 12.1 Å². The number of para-hydroxylation sites is 2. The summed E-state index contributed by atoms with van der Waals surface area (Å²) in [7, 11) is 0. The first-order chi connectivity index (χ1) is 19.5. The first kappa shape index (κ1) is 23.6. The van der Waals surface area contributed by atoms with Gasteiger partial charge >= 0.3 is 0 Å². The van der Waals surface area contributed by atoms with E-state index >= 15 is 0 Å². The number of anilines is 6. The molecule has 0 aliphatic carbocycles. The van der Waals surface area contributed by atoms with Gasteiger partial charge in [0.15, 0.2) is 0 Å². The Hall–Kier alpha value is -4.28. The van der Waals surface area contributed by atoms with Crippen molar-refractivity contribution < 1.29 is 0 Å². The smallest absolute Gasteiger partial charge is 0.264 e. The summed E-state index contributed by atoms with van der Waals surface area (Å²) in [6.45, 7) is 7.02. The van der Waals surface area contributed by atoms with Crippen LogP contribution in [0.5, 0.6) is 0 Å². The fourth-order valence-electron chi connectivity index (χ4n) is 6.55. The summed E-state index contributed by atoms with van der Waals surface area (Å²) in [6.07, 6.45) is 0. The molecule has 1 aromatic heterocycles. The molecule has 0 bridgehead atoms. The molecule has 5 aromatic carbocycles. The van der Waals surface area contributed by atoms with Gasteiger partial charge in [-0.2, -0.15) is 0 Å². The molecule has 6 aromatic rings. The Labute approximate surface area is 240 Å². The van der Waals surface area contributed by atoms with Gasteiger partial charge in [0.2, 0.25) is 0 Å². The Morgan fingerprint density at radius 3 is 1.98 bits per heavy atom. The molecule has 0 saturated heterocycles. The lowest BCUT2D eigenvalue weighted by molar-refractivity contribution is 0.590. The number of benzene rings is 5. The van der Waals surface area contributed by atoms with Crippen LogP contribution in [-0.4, -0.2) is 6.71 Å². The van der Waals surface area contributed by atoms with E-state index in [1.165, 1.54) is 65.5 Å². The Bertz CT molecular complexity index is 1900. The summed E-state index contributed by atoms with van der Waals surface area (Å²) >= 11 is 1.94. The van der Waals surface area contributed by atoms with Crippen LogP contribution in [0, 0.1) is 0 Å². The highest BCUT2D eigenvalue weighted by Crippen LogP contribution is 2.47. The van der Waals surface area contributed by atoms with Gasteiger partial charge in [0, 0.05) is 43.3 Å². The summed E-state index contributed by atoms with van der Waals surface area (Å²) in [5, 5.41) is 1.32. The van der Waals surface area contributed by atoms with Gasteiger partial charge in [0.25, 0.3) is 6.71 Å². The molecule has 0 spiro atoms. The minimum Gasteiger partial charge on any atom is -0.311 e. The Morgan fingerprint density at radius 1 is 0.575 bits per heavy atom. The van der Waals surface area contributed by atoms with E-state index in [2.05, 4.69) is 152 Å². The third kappa shape index (κ3) is 3.36. The maximum Gasteiger partial charge on any atom is 0.264 e. The van der Waals surface area contributed by atoms with Gasteiger partial charge in [-0.25, -0.2) is 0 Å². The summed E-state index contributed by atoms with van der Waals surface area (Å²) in [6, 6.07) is 44.7. The predicted octanol–water partition coefficient (Wildman–Crippen LogP) is 8.28. The van der Waals surface area contributed by atoms with Gasteiger partial charge in [-0.05, 0) is 70.4 Å². The van der Waals surface area contributed by atoms with E-state index < -0.39 is 0 Å². The van der Waals surface area contributed by atoms with Gasteiger partial charge in [-0.15, -0.1) is 11.3 Å². The van der Waals surface area contributed by atoms with Gasteiger partial charge in [0.05, 0.1) is 5.69 Å². The second-order valence-corrected chi connectivity index (χ2v) is 12.9. The van der Waals surface area contributed by atoms with Crippen molar-refractivity contribution in [3.05, 3.63) is 127 Å². The fourth-order valence-corrected chi connectivity index (χ4v) is 7.87. The van der Waals surface area contributed by atoms with Gasteiger partial charge < -0.3 is 9.80 Å². The molecule has 8 rings (SSSR count). The topological polar surface area (TPSA) is 6.48 Å². The highest BCUT2D eigenvalue weighted by atomic mass is 32.1. The number of fused-ring (bicyclic) bond motifs is 6. The van der Waals surface area contributed by atoms with E-state index in [4.69, 9.17) is 0 Å². The summed E-state index contributed by atoms with van der Waals surface area (Å²) < 4.78 is 2.75. The third-order valence-electron chi connectivity index (χ3n) is 8.41. The van der Waals surface area contributed by atoms with Crippen LogP contribution >= 0.6 is 11.3 Å². The molecule has 2 aliphatic heterocycles. The quantitative estimate of drug-likeness (QED) is 0.207. The molecule has 0 radical (unpaired) electrons. The van der Waals surface area contributed by atoms with Crippen molar-refractivity contribution in [3.8, 4) is 0 Å². The molecule has 0 fully saturated rings. The predicted molar refractivity (Wildman–Crippen MR) is 175 cm³/mol. The minimum atomic E-state index is 0.109. The summed E-state index contributed by atoms with van der Waals surface area (Å²) in [5.41, 5.74) is 11.7.